The summed E-state index contributed by atoms with van der Waals surface area (Å²) in [6.45, 7) is 4.30. The van der Waals surface area contributed by atoms with E-state index in [1.54, 1.807) is 0 Å². The highest BCUT2D eigenvalue weighted by Gasteiger charge is 2.12. The molecular formula is C37H72O5. The molecule has 1 N–H and O–H groups in total. The average Bonchev–Trinajstić information content (AvgIpc) is 2.99. The lowest BCUT2D eigenvalue weighted by molar-refractivity contribution is -0.152. The van der Waals surface area contributed by atoms with Gasteiger partial charge < -0.3 is 14.6 Å². The van der Waals surface area contributed by atoms with Gasteiger partial charge in [-0.15, -0.1) is 0 Å². The summed E-state index contributed by atoms with van der Waals surface area (Å²) in [5.74, 6) is -0.556. The van der Waals surface area contributed by atoms with Crippen molar-refractivity contribution >= 4 is 11.9 Å². The van der Waals surface area contributed by atoms with Crippen LogP contribution in [0.2, 0.25) is 0 Å². The van der Waals surface area contributed by atoms with E-state index in [9.17, 15) is 14.7 Å². The molecule has 0 aromatic heterocycles. The van der Waals surface area contributed by atoms with Crippen LogP contribution < -0.4 is 0 Å². The Morgan fingerprint density at radius 2 is 0.619 bits per heavy atom. The van der Waals surface area contributed by atoms with Crippen molar-refractivity contribution in [1.82, 2.24) is 0 Å². The first-order valence-corrected chi connectivity index (χ1v) is 18.6. The smallest absolute Gasteiger partial charge is 0.305 e. The summed E-state index contributed by atoms with van der Waals surface area (Å²) in [6, 6.07) is 0. The SMILES string of the molecule is CCCCCCCCCCCCCCCCCCCCCC(=O)OC[C@H](O)COC(=O)CCCCCCCCCCC. The summed E-state index contributed by atoms with van der Waals surface area (Å²) in [6.07, 6.45) is 35.9. The fourth-order valence-electron chi connectivity index (χ4n) is 5.50. The second-order valence-electron chi connectivity index (χ2n) is 12.7. The number of carbonyl (C=O) groups excluding carboxylic acids is 2. The number of hydrogen-bond acceptors (Lipinski definition) is 5. The van der Waals surface area contributed by atoms with Crippen molar-refractivity contribution in [3.8, 4) is 0 Å². The molecule has 0 aliphatic carbocycles. The number of unbranched alkanes of at least 4 members (excludes halogenated alkanes) is 26. The Morgan fingerprint density at radius 3 is 0.857 bits per heavy atom. The molecular weight excluding hydrogens is 524 g/mol. The van der Waals surface area contributed by atoms with Crippen LogP contribution in [0.3, 0.4) is 0 Å². The first-order chi connectivity index (χ1) is 20.6. The van der Waals surface area contributed by atoms with Crippen LogP contribution in [0.25, 0.3) is 0 Å². The topological polar surface area (TPSA) is 72.8 Å². The Kier molecular flexibility index (Phi) is 33.5. The lowest BCUT2D eigenvalue weighted by Gasteiger charge is -2.12. The molecule has 0 spiro atoms. The molecule has 0 fully saturated rings. The number of aliphatic hydroxyl groups excluding tert-OH is 1. The van der Waals surface area contributed by atoms with Gasteiger partial charge in [0.1, 0.15) is 19.3 Å². The van der Waals surface area contributed by atoms with Gasteiger partial charge in [0.25, 0.3) is 0 Å². The van der Waals surface area contributed by atoms with Crippen LogP contribution in [0.4, 0.5) is 0 Å². The monoisotopic (exact) mass is 597 g/mol. The highest BCUT2D eigenvalue weighted by Crippen LogP contribution is 2.15. The van der Waals surface area contributed by atoms with Crippen molar-refractivity contribution in [3.63, 3.8) is 0 Å². The van der Waals surface area contributed by atoms with Crippen molar-refractivity contribution in [2.45, 2.75) is 213 Å². The molecule has 0 saturated carbocycles. The van der Waals surface area contributed by atoms with Gasteiger partial charge in [0, 0.05) is 12.8 Å². The van der Waals surface area contributed by atoms with Gasteiger partial charge in [-0.05, 0) is 12.8 Å². The van der Waals surface area contributed by atoms with Gasteiger partial charge in [0.05, 0.1) is 0 Å². The molecule has 0 aliphatic heterocycles. The maximum absolute atomic E-state index is 11.9. The molecule has 0 bridgehead atoms. The van der Waals surface area contributed by atoms with E-state index >= 15 is 0 Å². The van der Waals surface area contributed by atoms with Crippen molar-refractivity contribution in [3.05, 3.63) is 0 Å². The van der Waals surface area contributed by atoms with Gasteiger partial charge in [0.2, 0.25) is 0 Å². The first-order valence-electron chi connectivity index (χ1n) is 18.6. The van der Waals surface area contributed by atoms with Gasteiger partial charge in [0.15, 0.2) is 0 Å². The number of rotatable bonds is 34. The molecule has 0 amide bonds. The third-order valence-corrected chi connectivity index (χ3v) is 8.34. The largest absolute Gasteiger partial charge is 0.463 e. The van der Waals surface area contributed by atoms with Crippen molar-refractivity contribution in [1.29, 1.82) is 0 Å². The Bertz CT molecular complexity index is 564. The molecule has 0 unspecified atom stereocenters. The Morgan fingerprint density at radius 1 is 0.405 bits per heavy atom. The number of esters is 2. The van der Waals surface area contributed by atoms with Crippen molar-refractivity contribution < 1.29 is 24.2 Å². The second-order valence-corrected chi connectivity index (χ2v) is 12.7. The van der Waals surface area contributed by atoms with E-state index in [1.807, 2.05) is 0 Å². The minimum atomic E-state index is -0.953. The van der Waals surface area contributed by atoms with Gasteiger partial charge in [-0.25, -0.2) is 0 Å². The van der Waals surface area contributed by atoms with Crippen molar-refractivity contribution in [2.24, 2.45) is 0 Å². The van der Waals surface area contributed by atoms with E-state index in [0.717, 1.165) is 32.1 Å². The second kappa shape index (κ2) is 34.4. The number of hydrogen-bond donors (Lipinski definition) is 1. The molecule has 5 heteroatoms. The molecule has 0 aromatic carbocycles. The Labute approximate surface area is 261 Å². The van der Waals surface area contributed by atoms with Gasteiger partial charge in [-0.3, -0.25) is 9.59 Å². The average molecular weight is 597 g/mol. The summed E-state index contributed by atoms with van der Waals surface area (Å²) in [7, 11) is 0. The molecule has 0 aliphatic rings. The van der Waals surface area contributed by atoms with Gasteiger partial charge in [-0.2, -0.15) is 0 Å². The lowest BCUT2D eigenvalue weighted by Crippen LogP contribution is -2.25. The standard InChI is InChI=1S/C37H72O5/c1-3-5-7-9-11-13-14-15-16-17-18-19-20-21-22-24-26-28-30-32-37(40)42-34-35(38)33-41-36(39)31-29-27-25-23-12-10-8-6-4-2/h35,38H,3-34H2,1-2H3/t35-/m1/s1. The summed E-state index contributed by atoms with van der Waals surface area (Å²) in [5, 5.41) is 9.96. The van der Waals surface area contributed by atoms with E-state index in [-0.39, 0.29) is 25.2 Å². The molecule has 250 valence electrons. The summed E-state index contributed by atoms with van der Waals surface area (Å²) < 4.78 is 10.3. The third kappa shape index (κ3) is 33.4. The number of ether oxygens (including phenoxy) is 2. The highest BCUT2D eigenvalue weighted by molar-refractivity contribution is 5.69. The maximum Gasteiger partial charge on any atom is 0.305 e. The molecule has 0 saturated heterocycles. The van der Waals surface area contributed by atoms with E-state index in [0.29, 0.717) is 12.8 Å². The molecule has 0 rings (SSSR count). The van der Waals surface area contributed by atoms with E-state index in [4.69, 9.17) is 9.47 Å². The minimum Gasteiger partial charge on any atom is -0.463 e. The first kappa shape index (κ1) is 40.9. The predicted octanol–water partition coefficient (Wildman–Crippen LogP) is 11.2. The minimum absolute atomic E-state index is 0.108. The molecule has 0 heterocycles. The number of carbonyl (C=O) groups is 2. The van der Waals surface area contributed by atoms with Crippen molar-refractivity contribution in [2.75, 3.05) is 13.2 Å². The van der Waals surface area contributed by atoms with Gasteiger partial charge in [-0.1, -0.05) is 181 Å². The molecule has 5 nitrogen and oxygen atoms in total. The van der Waals surface area contributed by atoms with Crippen LogP contribution in [0.5, 0.6) is 0 Å². The Hall–Kier alpha value is -1.10. The third-order valence-electron chi connectivity index (χ3n) is 8.34. The Balaban J connectivity index is 3.35. The summed E-state index contributed by atoms with van der Waals surface area (Å²) in [5.41, 5.74) is 0. The molecule has 0 aromatic rings. The molecule has 42 heavy (non-hydrogen) atoms. The van der Waals surface area contributed by atoms with Crippen LogP contribution in [-0.4, -0.2) is 36.4 Å². The predicted molar refractivity (Wildman–Crippen MR) is 178 cm³/mol. The summed E-state index contributed by atoms with van der Waals surface area (Å²) in [4.78, 5) is 23.8. The normalized spacial score (nSPS) is 12.0. The molecule has 0 radical (unpaired) electrons. The highest BCUT2D eigenvalue weighted by atomic mass is 16.6. The van der Waals surface area contributed by atoms with Crippen LogP contribution >= 0.6 is 0 Å². The fourth-order valence-corrected chi connectivity index (χ4v) is 5.50. The molecule has 1 atom stereocenters. The van der Waals surface area contributed by atoms with Crippen LogP contribution in [0.15, 0.2) is 0 Å². The zero-order chi connectivity index (χ0) is 30.8. The van der Waals surface area contributed by atoms with Crippen LogP contribution in [0, 0.1) is 0 Å². The number of aliphatic hydroxyl groups is 1. The zero-order valence-electron chi connectivity index (χ0n) is 28.3. The van der Waals surface area contributed by atoms with E-state index < -0.39 is 6.10 Å². The van der Waals surface area contributed by atoms with Gasteiger partial charge >= 0.3 is 11.9 Å². The van der Waals surface area contributed by atoms with Crippen LogP contribution in [0.1, 0.15) is 206 Å². The van der Waals surface area contributed by atoms with Crippen LogP contribution in [-0.2, 0) is 19.1 Å². The van der Waals surface area contributed by atoms with E-state index in [1.165, 1.54) is 148 Å². The lowest BCUT2D eigenvalue weighted by atomic mass is 10.0. The maximum atomic E-state index is 11.9. The zero-order valence-corrected chi connectivity index (χ0v) is 28.3. The quantitative estimate of drug-likeness (QED) is 0.0591. The summed E-state index contributed by atoms with van der Waals surface area (Å²) >= 11 is 0. The fraction of sp³-hybridized carbons (Fsp3) is 0.946. The van der Waals surface area contributed by atoms with E-state index in [2.05, 4.69) is 13.8 Å².